The van der Waals surface area contributed by atoms with Gasteiger partial charge in [-0.1, -0.05) is 26.7 Å². The van der Waals surface area contributed by atoms with E-state index in [1.807, 2.05) is 4.90 Å². The van der Waals surface area contributed by atoms with E-state index in [-0.39, 0.29) is 11.8 Å². The van der Waals surface area contributed by atoms with Gasteiger partial charge in [-0.25, -0.2) is 0 Å². The second-order valence-electron chi connectivity index (χ2n) is 6.87. The van der Waals surface area contributed by atoms with Crippen LogP contribution in [0.25, 0.3) is 0 Å². The van der Waals surface area contributed by atoms with Crippen LogP contribution in [0, 0.1) is 11.8 Å². The van der Waals surface area contributed by atoms with Crippen molar-refractivity contribution in [3.05, 3.63) is 0 Å². The van der Waals surface area contributed by atoms with E-state index in [9.17, 15) is 9.59 Å². The van der Waals surface area contributed by atoms with Gasteiger partial charge in [0.15, 0.2) is 6.54 Å². The maximum atomic E-state index is 12.2. The van der Waals surface area contributed by atoms with Crippen molar-refractivity contribution in [2.24, 2.45) is 11.8 Å². The fraction of sp³-hybridized carbons (Fsp3) is 0.875. The fourth-order valence-electron chi connectivity index (χ4n) is 3.59. The van der Waals surface area contributed by atoms with Crippen LogP contribution in [0.5, 0.6) is 0 Å². The van der Waals surface area contributed by atoms with Crippen molar-refractivity contribution in [2.75, 3.05) is 32.7 Å². The van der Waals surface area contributed by atoms with Gasteiger partial charge in [0.2, 0.25) is 5.91 Å². The molecule has 1 saturated heterocycles. The molecule has 2 fully saturated rings. The molecule has 1 heterocycles. The van der Waals surface area contributed by atoms with Crippen LogP contribution >= 0.6 is 0 Å². The molecule has 2 aliphatic rings. The summed E-state index contributed by atoms with van der Waals surface area (Å²) < 4.78 is 0. The quantitative estimate of drug-likeness (QED) is 0.750. The molecule has 0 radical (unpaired) electrons. The molecule has 1 saturated carbocycles. The zero-order valence-corrected chi connectivity index (χ0v) is 13.7. The number of carbonyl (C=O) groups is 2. The minimum atomic E-state index is 0.142. The van der Waals surface area contributed by atoms with Crippen LogP contribution in [0.1, 0.15) is 40.0 Å². The van der Waals surface area contributed by atoms with Gasteiger partial charge in [-0.3, -0.25) is 9.59 Å². The van der Waals surface area contributed by atoms with Crippen molar-refractivity contribution in [3.8, 4) is 0 Å². The third kappa shape index (κ3) is 4.43. The summed E-state index contributed by atoms with van der Waals surface area (Å²) in [5.41, 5.74) is 0. The lowest BCUT2D eigenvalue weighted by atomic mass is 9.78. The largest absolute Gasteiger partial charge is 0.348 e. The zero-order chi connectivity index (χ0) is 15.4. The van der Waals surface area contributed by atoms with Gasteiger partial charge in [-0.2, -0.15) is 0 Å². The number of nitrogens with zero attached hydrogens (tertiary/aromatic N) is 1. The number of rotatable bonds is 3. The highest BCUT2D eigenvalue weighted by molar-refractivity contribution is 5.77. The third-order valence-corrected chi connectivity index (χ3v) is 5.38. The van der Waals surface area contributed by atoms with Crippen LogP contribution in [-0.2, 0) is 9.59 Å². The van der Waals surface area contributed by atoms with E-state index in [1.165, 1.54) is 17.7 Å². The zero-order valence-electron chi connectivity index (χ0n) is 13.7. The molecule has 2 N–H and O–H groups in total. The predicted molar refractivity (Wildman–Crippen MR) is 81.9 cm³/mol. The average molecular weight is 296 g/mol. The smallest absolute Gasteiger partial charge is 0.275 e. The fourth-order valence-corrected chi connectivity index (χ4v) is 3.59. The van der Waals surface area contributed by atoms with Gasteiger partial charge in [0, 0.05) is 13.0 Å². The number of quaternary nitrogens is 1. The van der Waals surface area contributed by atoms with Crippen molar-refractivity contribution in [3.63, 3.8) is 0 Å². The number of piperazine rings is 1. The van der Waals surface area contributed by atoms with E-state index < -0.39 is 0 Å². The number of nitrogens with one attached hydrogen (secondary N) is 2. The molecule has 3 atom stereocenters. The highest BCUT2D eigenvalue weighted by Crippen LogP contribution is 2.29. The monoisotopic (exact) mass is 296 g/mol. The summed E-state index contributed by atoms with van der Waals surface area (Å²) in [6, 6.07) is 0.346. The predicted octanol–water partition coefficient (Wildman–Crippen LogP) is -0.326. The molecule has 2 rings (SSSR count). The van der Waals surface area contributed by atoms with Crippen molar-refractivity contribution < 1.29 is 14.5 Å². The van der Waals surface area contributed by atoms with E-state index >= 15 is 0 Å². The molecular formula is C16H30N3O2+. The Morgan fingerprint density at radius 1 is 1.19 bits per heavy atom. The maximum absolute atomic E-state index is 12.2. The molecule has 1 aliphatic heterocycles. The number of hydrogen-bond donors (Lipinski definition) is 2. The SMILES string of the molecule is CC(=O)N1CC[NH+](CC(=O)N[C@@H]2CCC[C@@H](C)[C@H]2C)CC1. The Morgan fingerprint density at radius 3 is 2.48 bits per heavy atom. The Hall–Kier alpha value is -1.10. The van der Waals surface area contributed by atoms with E-state index in [0.717, 1.165) is 32.6 Å². The van der Waals surface area contributed by atoms with Crippen molar-refractivity contribution >= 4 is 11.8 Å². The van der Waals surface area contributed by atoms with E-state index in [0.29, 0.717) is 24.4 Å². The molecule has 5 heteroatoms. The Kier molecular flexibility index (Phi) is 5.62. The number of carbonyl (C=O) groups excluding carboxylic acids is 2. The van der Waals surface area contributed by atoms with Crippen LogP contribution < -0.4 is 10.2 Å². The summed E-state index contributed by atoms with van der Waals surface area (Å²) in [5.74, 6) is 1.60. The minimum Gasteiger partial charge on any atom is -0.348 e. The topological polar surface area (TPSA) is 53.9 Å². The molecule has 1 aliphatic carbocycles. The Balaban J connectivity index is 1.74. The first-order valence-corrected chi connectivity index (χ1v) is 8.36. The molecular weight excluding hydrogens is 266 g/mol. The van der Waals surface area contributed by atoms with Gasteiger partial charge in [0.25, 0.3) is 5.91 Å². The van der Waals surface area contributed by atoms with Gasteiger partial charge in [-0.15, -0.1) is 0 Å². The molecule has 0 aromatic rings. The number of amides is 2. The van der Waals surface area contributed by atoms with Crippen LogP contribution in [-0.4, -0.2) is 55.5 Å². The number of hydrogen-bond acceptors (Lipinski definition) is 2. The summed E-state index contributed by atoms with van der Waals surface area (Å²) in [6.07, 6.45) is 3.62. The first-order valence-electron chi connectivity index (χ1n) is 8.36. The maximum Gasteiger partial charge on any atom is 0.275 e. The second-order valence-corrected chi connectivity index (χ2v) is 6.87. The van der Waals surface area contributed by atoms with E-state index in [4.69, 9.17) is 0 Å². The lowest BCUT2D eigenvalue weighted by Crippen LogP contribution is -3.15. The molecule has 21 heavy (non-hydrogen) atoms. The second kappa shape index (κ2) is 7.25. The van der Waals surface area contributed by atoms with Gasteiger partial charge in [0.1, 0.15) is 0 Å². The Bertz CT molecular complexity index is 378. The molecule has 0 unspecified atom stereocenters. The van der Waals surface area contributed by atoms with Gasteiger partial charge in [-0.05, 0) is 18.3 Å². The van der Waals surface area contributed by atoms with Crippen LogP contribution in [0.2, 0.25) is 0 Å². The summed E-state index contributed by atoms with van der Waals surface area (Å²) in [5, 5.41) is 3.24. The molecule has 0 aromatic carbocycles. The average Bonchev–Trinajstić information content (AvgIpc) is 2.44. The summed E-state index contributed by atoms with van der Waals surface area (Å²) >= 11 is 0. The first-order chi connectivity index (χ1) is 9.97. The summed E-state index contributed by atoms with van der Waals surface area (Å²) in [4.78, 5) is 26.7. The van der Waals surface area contributed by atoms with Gasteiger partial charge in [0.05, 0.1) is 26.2 Å². The minimum absolute atomic E-state index is 0.142. The summed E-state index contributed by atoms with van der Waals surface area (Å²) in [6.45, 7) is 10.0. The lowest BCUT2D eigenvalue weighted by molar-refractivity contribution is -0.896. The van der Waals surface area contributed by atoms with Crippen LogP contribution in [0.3, 0.4) is 0 Å². The van der Waals surface area contributed by atoms with E-state index in [2.05, 4.69) is 19.2 Å². The Morgan fingerprint density at radius 2 is 1.86 bits per heavy atom. The molecule has 120 valence electrons. The summed E-state index contributed by atoms with van der Waals surface area (Å²) in [7, 11) is 0. The van der Waals surface area contributed by atoms with Gasteiger partial charge < -0.3 is 15.1 Å². The van der Waals surface area contributed by atoms with E-state index in [1.54, 1.807) is 6.92 Å². The molecule has 0 spiro atoms. The van der Waals surface area contributed by atoms with Crippen molar-refractivity contribution in [1.82, 2.24) is 10.2 Å². The van der Waals surface area contributed by atoms with Crippen LogP contribution in [0.15, 0.2) is 0 Å². The normalized spacial score (nSPS) is 31.0. The third-order valence-electron chi connectivity index (χ3n) is 5.38. The Labute approximate surface area is 128 Å². The van der Waals surface area contributed by atoms with Crippen molar-refractivity contribution in [1.29, 1.82) is 0 Å². The first kappa shape index (κ1) is 16.3. The highest BCUT2D eigenvalue weighted by atomic mass is 16.2. The van der Waals surface area contributed by atoms with Gasteiger partial charge >= 0.3 is 0 Å². The molecule has 0 bridgehead atoms. The molecule has 0 aromatic heterocycles. The van der Waals surface area contributed by atoms with Crippen molar-refractivity contribution in [2.45, 2.75) is 46.1 Å². The van der Waals surface area contributed by atoms with Crippen LogP contribution in [0.4, 0.5) is 0 Å². The molecule has 2 amide bonds. The lowest BCUT2D eigenvalue weighted by Gasteiger charge is -2.35. The molecule has 5 nitrogen and oxygen atoms in total. The highest BCUT2D eigenvalue weighted by Gasteiger charge is 2.29. The standard InChI is InChI=1S/C16H29N3O2/c1-12-5-4-6-15(13(12)2)17-16(21)11-18-7-9-19(10-8-18)14(3)20/h12-13,15H,4-11H2,1-3H3,(H,17,21)/p+1/t12-,13-,15-/m1/s1.